The van der Waals surface area contributed by atoms with E-state index in [1.807, 2.05) is 71.4 Å². The molecular weight excluding hydrogens is 376 g/mol. The average molecular weight is 393 g/mol. The van der Waals surface area contributed by atoms with Crippen LogP contribution in [0.5, 0.6) is 11.5 Å². The van der Waals surface area contributed by atoms with Crippen molar-refractivity contribution in [2.75, 3.05) is 5.32 Å². The van der Waals surface area contributed by atoms with E-state index in [0.29, 0.717) is 0 Å². The number of hydrogen-bond donors (Lipinski definition) is 1. The number of ether oxygens (including phenoxy) is 1. The number of thiophene rings is 1. The van der Waals surface area contributed by atoms with Crippen molar-refractivity contribution in [3.63, 3.8) is 0 Å². The molecule has 0 aliphatic heterocycles. The Morgan fingerprint density at radius 2 is 1.74 bits per heavy atom. The van der Waals surface area contributed by atoms with E-state index in [4.69, 9.17) is 4.74 Å². The molecule has 0 bridgehead atoms. The van der Waals surface area contributed by atoms with Gasteiger partial charge in [0.2, 0.25) is 5.91 Å². The molecule has 1 amide bonds. The van der Waals surface area contributed by atoms with Crippen LogP contribution in [0.2, 0.25) is 0 Å². The lowest BCUT2D eigenvalue weighted by atomic mass is 10.2. The second-order valence-electron chi connectivity index (χ2n) is 5.82. The number of amides is 1. The summed E-state index contributed by atoms with van der Waals surface area (Å²) in [5, 5.41) is 9.86. The molecule has 0 atom stereocenters. The highest BCUT2D eigenvalue weighted by molar-refractivity contribution is 7.14. The van der Waals surface area contributed by atoms with Gasteiger partial charge in [0.15, 0.2) is 0 Å². The van der Waals surface area contributed by atoms with Gasteiger partial charge >= 0.3 is 0 Å². The fraction of sp³-hybridized carbons (Fsp3) is 0.0476. The van der Waals surface area contributed by atoms with E-state index < -0.39 is 0 Å². The smallest absolute Gasteiger partial charge is 0.230 e. The first-order valence-electron chi connectivity index (χ1n) is 8.36. The van der Waals surface area contributed by atoms with Crippen molar-refractivity contribution in [1.82, 2.24) is 4.98 Å². The average Bonchev–Trinajstić information content (AvgIpc) is 3.36. The van der Waals surface area contributed by atoms with Crippen LogP contribution >= 0.6 is 22.7 Å². The van der Waals surface area contributed by atoms with Gasteiger partial charge in [-0.25, -0.2) is 4.98 Å². The molecule has 2 aromatic carbocycles. The molecule has 0 unspecified atom stereocenters. The number of benzene rings is 2. The zero-order valence-corrected chi connectivity index (χ0v) is 15.9. The van der Waals surface area contributed by atoms with Crippen LogP contribution in [0.4, 0.5) is 5.69 Å². The van der Waals surface area contributed by atoms with Crippen LogP contribution < -0.4 is 10.1 Å². The molecule has 2 heterocycles. The second kappa shape index (κ2) is 8.16. The zero-order valence-electron chi connectivity index (χ0n) is 14.3. The molecule has 4 nitrogen and oxygen atoms in total. The summed E-state index contributed by atoms with van der Waals surface area (Å²) in [6, 6.07) is 18.9. The molecule has 6 heteroatoms. The fourth-order valence-corrected chi connectivity index (χ4v) is 4.04. The lowest BCUT2D eigenvalue weighted by Crippen LogP contribution is -2.14. The predicted molar refractivity (Wildman–Crippen MR) is 111 cm³/mol. The molecule has 0 saturated carbocycles. The van der Waals surface area contributed by atoms with Gasteiger partial charge in [-0.1, -0.05) is 18.2 Å². The summed E-state index contributed by atoms with van der Waals surface area (Å²) in [6.45, 7) is 0. The molecule has 0 aliphatic rings. The molecule has 0 saturated heterocycles. The molecule has 1 N–H and O–H groups in total. The Labute approximate surface area is 165 Å². The second-order valence-corrected chi connectivity index (χ2v) is 7.46. The third-order valence-electron chi connectivity index (χ3n) is 3.78. The maximum atomic E-state index is 12.3. The van der Waals surface area contributed by atoms with Crippen LogP contribution in [-0.2, 0) is 11.2 Å². The lowest BCUT2D eigenvalue weighted by molar-refractivity contribution is -0.115. The molecule has 27 heavy (non-hydrogen) atoms. The largest absolute Gasteiger partial charge is 0.457 e. The van der Waals surface area contributed by atoms with Crippen LogP contribution in [0.15, 0.2) is 76.8 Å². The molecular formula is C21H16N2O2S2. The predicted octanol–water partition coefficient (Wildman–Crippen LogP) is 5.85. The number of thiazole rings is 1. The third-order valence-corrected chi connectivity index (χ3v) is 5.40. The van der Waals surface area contributed by atoms with Crippen molar-refractivity contribution < 1.29 is 9.53 Å². The zero-order chi connectivity index (χ0) is 18.5. The van der Waals surface area contributed by atoms with E-state index in [2.05, 4.69) is 15.7 Å². The van der Waals surface area contributed by atoms with E-state index in [1.165, 1.54) is 0 Å². The van der Waals surface area contributed by atoms with Gasteiger partial charge in [-0.15, -0.1) is 11.3 Å². The van der Waals surface area contributed by atoms with Crippen LogP contribution in [0, 0.1) is 0 Å². The van der Waals surface area contributed by atoms with E-state index in [0.717, 1.165) is 33.5 Å². The number of aromatic nitrogens is 1. The highest BCUT2D eigenvalue weighted by Gasteiger charge is 2.10. The number of rotatable bonds is 6. The van der Waals surface area contributed by atoms with Gasteiger partial charge in [-0.05, 0) is 47.8 Å². The number of nitrogens with zero attached hydrogens (tertiary/aromatic N) is 1. The highest BCUT2D eigenvalue weighted by Crippen LogP contribution is 2.26. The Morgan fingerprint density at radius 3 is 2.48 bits per heavy atom. The number of nitrogens with one attached hydrogen (secondary N) is 1. The minimum Gasteiger partial charge on any atom is -0.457 e. The minimum absolute atomic E-state index is 0.0890. The molecule has 0 fully saturated rings. The topological polar surface area (TPSA) is 51.2 Å². The normalized spacial score (nSPS) is 10.5. The summed E-state index contributed by atoms with van der Waals surface area (Å²) in [7, 11) is 0. The summed E-state index contributed by atoms with van der Waals surface area (Å²) in [4.78, 5) is 16.8. The van der Waals surface area contributed by atoms with Gasteiger partial charge in [0.25, 0.3) is 0 Å². The summed E-state index contributed by atoms with van der Waals surface area (Å²) < 4.78 is 5.75. The Bertz CT molecular complexity index is 1010. The van der Waals surface area contributed by atoms with Gasteiger partial charge in [0, 0.05) is 22.0 Å². The fourth-order valence-electron chi connectivity index (χ4n) is 2.51. The molecule has 0 aliphatic carbocycles. The first-order valence-corrected chi connectivity index (χ1v) is 10.2. The van der Waals surface area contributed by atoms with Gasteiger partial charge < -0.3 is 10.1 Å². The maximum Gasteiger partial charge on any atom is 0.230 e. The maximum absolute atomic E-state index is 12.3. The Balaban J connectivity index is 1.34. The first-order chi connectivity index (χ1) is 13.3. The van der Waals surface area contributed by atoms with Crippen molar-refractivity contribution in [3.8, 4) is 22.1 Å². The van der Waals surface area contributed by atoms with Crippen molar-refractivity contribution in [2.45, 2.75) is 6.42 Å². The molecule has 0 spiro atoms. The Hall–Kier alpha value is -2.96. The SMILES string of the molecule is O=C(Cc1csc(-c2ccsc2)n1)Nc1ccc(Oc2ccccc2)cc1. The number of anilines is 1. The first kappa shape index (κ1) is 17.5. The molecule has 4 aromatic rings. The number of hydrogen-bond acceptors (Lipinski definition) is 5. The van der Waals surface area contributed by atoms with Crippen molar-refractivity contribution in [1.29, 1.82) is 0 Å². The van der Waals surface area contributed by atoms with Crippen LogP contribution in [0.1, 0.15) is 5.69 Å². The quantitative estimate of drug-likeness (QED) is 0.448. The van der Waals surface area contributed by atoms with Crippen LogP contribution in [0.25, 0.3) is 10.6 Å². The number of para-hydroxylation sites is 1. The van der Waals surface area contributed by atoms with Crippen molar-refractivity contribution in [3.05, 3.63) is 82.5 Å². The van der Waals surface area contributed by atoms with E-state index in [9.17, 15) is 4.79 Å². The summed E-state index contributed by atoms with van der Waals surface area (Å²) in [5.74, 6) is 1.41. The monoisotopic (exact) mass is 392 g/mol. The molecule has 2 aromatic heterocycles. The number of carbonyl (C=O) groups is 1. The summed E-state index contributed by atoms with van der Waals surface area (Å²) in [5.41, 5.74) is 2.61. The van der Waals surface area contributed by atoms with Gasteiger partial charge in [-0.2, -0.15) is 11.3 Å². The van der Waals surface area contributed by atoms with Gasteiger partial charge in [0.05, 0.1) is 12.1 Å². The van der Waals surface area contributed by atoms with E-state index >= 15 is 0 Å². The van der Waals surface area contributed by atoms with E-state index in [-0.39, 0.29) is 12.3 Å². The Kier molecular flexibility index (Phi) is 5.27. The Morgan fingerprint density at radius 1 is 0.963 bits per heavy atom. The molecule has 4 rings (SSSR count). The van der Waals surface area contributed by atoms with Gasteiger partial charge in [0.1, 0.15) is 16.5 Å². The lowest BCUT2D eigenvalue weighted by Gasteiger charge is -2.07. The third kappa shape index (κ3) is 4.61. The van der Waals surface area contributed by atoms with E-state index in [1.54, 1.807) is 22.7 Å². The number of carbonyl (C=O) groups excluding carboxylic acids is 1. The summed E-state index contributed by atoms with van der Waals surface area (Å²) in [6.07, 6.45) is 0.253. The summed E-state index contributed by atoms with van der Waals surface area (Å²) >= 11 is 3.20. The standard InChI is InChI=1S/C21H16N2O2S2/c24-20(12-17-14-27-21(23-17)15-10-11-26-13-15)22-16-6-8-19(9-7-16)25-18-4-2-1-3-5-18/h1-11,13-14H,12H2,(H,22,24). The highest BCUT2D eigenvalue weighted by atomic mass is 32.1. The molecule has 134 valence electrons. The van der Waals surface area contributed by atoms with Crippen LogP contribution in [0.3, 0.4) is 0 Å². The van der Waals surface area contributed by atoms with Crippen LogP contribution in [-0.4, -0.2) is 10.9 Å². The minimum atomic E-state index is -0.0890. The van der Waals surface area contributed by atoms with Gasteiger partial charge in [-0.3, -0.25) is 4.79 Å². The van der Waals surface area contributed by atoms with Crippen molar-refractivity contribution in [2.24, 2.45) is 0 Å². The molecule has 0 radical (unpaired) electrons. The van der Waals surface area contributed by atoms with Crippen molar-refractivity contribution >= 4 is 34.3 Å².